The highest BCUT2D eigenvalue weighted by atomic mass is 32.1. The smallest absolute Gasteiger partial charge is 0.229 e. The van der Waals surface area contributed by atoms with Crippen LogP contribution < -0.4 is 5.32 Å². The minimum atomic E-state index is 0.00849. The fraction of sp³-hybridized carbons (Fsp3) is 0.333. The predicted molar refractivity (Wildman–Crippen MR) is 87.6 cm³/mol. The molecule has 0 bridgehead atoms. The van der Waals surface area contributed by atoms with Gasteiger partial charge in [0.15, 0.2) is 5.13 Å². The Labute approximate surface area is 137 Å². The first-order chi connectivity index (χ1) is 11.2. The molecule has 4 heterocycles. The monoisotopic (exact) mass is 328 g/mol. The Morgan fingerprint density at radius 2 is 2.35 bits per heavy atom. The molecule has 23 heavy (non-hydrogen) atoms. The summed E-state index contributed by atoms with van der Waals surface area (Å²) in [5.74, 6) is 0.550. The second-order valence-electron chi connectivity index (χ2n) is 5.33. The van der Waals surface area contributed by atoms with Crippen LogP contribution in [0.25, 0.3) is 11.3 Å². The highest BCUT2D eigenvalue weighted by molar-refractivity contribution is 7.16. The number of aromatic amines is 1. The van der Waals surface area contributed by atoms with Crippen molar-refractivity contribution in [1.29, 1.82) is 0 Å². The number of anilines is 2. The highest BCUT2D eigenvalue weighted by Crippen LogP contribution is 2.40. The molecule has 0 amide bonds. The number of nitrogens with one attached hydrogen (secondary N) is 2. The van der Waals surface area contributed by atoms with Crippen LogP contribution in [0.15, 0.2) is 18.5 Å². The first-order valence-electron chi connectivity index (χ1n) is 7.46. The van der Waals surface area contributed by atoms with Crippen LogP contribution in [0.5, 0.6) is 0 Å². The van der Waals surface area contributed by atoms with Crippen LogP contribution in [-0.4, -0.2) is 25.1 Å². The SMILES string of the molecule is CCC1OCc2sc(Nc3nccc(C)n3)nc2-c2c[nH]nc21. The van der Waals surface area contributed by atoms with Gasteiger partial charge in [0.1, 0.15) is 11.8 Å². The fourth-order valence-corrected chi connectivity index (χ4v) is 3.51. The number of rotatable bonds is 3. The molecule has 8 heteroatoms. The van der Waals surface area contributed by atoms with Gasteiger partial charge in [-0.1, -0.05) is 18.3 Å². The third kappa shape index (κ3) is 2.60. The van der Waals surface area contributed by atoms with E-state index in [1.54, 1.807) is 17.5 Å². The van der Waals surface area contributed by atoms with Crippen molar-refractivity contribution in [2.45, 2.75) is 33.0 Å². The molecule has 0 radical (unpaired) electrons. The van der Waals surface area contributed by atoms with Crippen LogP contribution in [0.1, 0.15) is 35.7 Å². The molecule has 0 fully saturated rings. The van der Waals surface area contributed by atoms with E-state index in [0.717, 1.165) is 39.1 Å². The lowest BCUT2D eigenvalue weighted by Crippen LogP contribution is -2.02. The van der Waals surface area contributed by atoms with Crippen molar-refractivity contribution < 1.29 is 4.74 Å². The normalized spacial score (nSPS) is 16.5. The van der Waals surface area contributed by atoms with E-state index in [9.17, 15) is 0 Å². The molecule has 0 aromatic carbocycles. The lowest BCUT2D eigenvalue weighted by molar-refractivity contribution is 0.0381. The van der Waals surface area contributed by atoms with Gasteiger partial charge in [-0.15, -0.1) is 0 Å². The molecule has 0 spiro atoms. The van der Waals surface area contributed by atoms with Crippen LogP contribution in [-0.2, 0) is 11.3 Å². The van der Waals surface area contributed by atoms with Crippen LogP contribution in [0.3, 0.4) is 0 Å². The topological polar surface area (TPSA) is 88.6 Å². The predicted octanol–water partition coefficient (Wildman–Crippen LogP) is 3.36. The van der Waals surface area contributed by atoms with Crippen molar-refractivity contribution in [2.24, 2.45) is 0 Å². The molecule has 1 aliphatic rings. The second-order valence-corrected chi connectivity index (χ2v) is 6.41. The largest absolute Gasteiger partial charge is 0.366 e. The number of aromatic nitrogens is 5. The summed E-state index contributed by atoms with van der Waals surface area (Å²) < 4.78 is 5.97. The number of ether oxygens (including phenoxy) is 1. The molecule has 1 atom stereocenters. The summed E-state index contributed by atoms with van der Waals surface area (Å²) >= 11 is 1.56. The summed E-state index contributed by atoms with van der Waals surface area (Å²) in [6.45, 7) is 4.57. The molecule has 1 unspecified atom stereocenters. The molecule has 118 valence electrons. The van der Waals surface area contributed by atoms with Crippen molar-refractivity contribution in [2.75, 3.05) is 5.32 Å². The molecule has 7 nitrogen and oxygen atoms in total. The van der Waals surface area contributed by atoms with E-state index < -0.39 is 0 Å². The Kier molecular flexibility index (Phi) is 3.55. The van der Waals surface area contributed by atoms with Gasteiger partial charge in [-0.25, -0.2) is 15.0 Å². The van der Waals surface area contributed by atoms with Crippen molar-refractivity contribution in [3.05, 3.63) is 34.7 Å². The summed E-state index contributed by atoms with van der Waals surface area (Å²) in [7, 11) is 0. The fourth-order valence-electron chi connectivity index (χ4n) is 2.62. The zero-order valence-corrected chi connectivity index (χ0v) is 13.6. The number of hydrogen-bond donors (Lipinski definition) is 2. The number of nitrogens with zero attached hydrogens (tertiary/aromatic N) is 4. The molecule has 1 aliphatic heterocycles. The van der Waals surface area contributed by atoms with Gasteiger partial charge in [-0.05, 0) is 19.4 Å². The minimum Gasteiger partial charge on any atom is -0.366 e. The molecule has 3 aromatic heterocycles. The number of aryl methyl sites for hydroxylation is 1. The standard InChI is InChI=1S/C15H16N6OS/c1-3-10-12-9(6-17-21-12)13-11(7-22-10)23-15(19-13)20-14-16-5-4-8(2)18-14/h4-6,10H,3,7H2,1-2H3,(H,17,21)(H,16,18,19,20). The van der Waals surface area contributed by atoms with Crippen molar-refractivity contribution in [3.8, 4) is 11.3 Å². The number of thiazole rings is 1. The lowest BCUT2D eigenvalue weighted by Gasteiger charge is -2.11. The molecule has 0 saturated carbocycles. The van der Waals surface area contributed by atoms with Crippen LogP contribution in [0.4, 0.5) is 11.1 Å². The first-order valence-corrected chi connectivity index (χ1v) is 8.28. The van der Waals surface area contributed by atoms with Crippen LogP contribution in [0.2, 0.25) is 0 Å². The van der Waals surface area contributed by atoms with Crippen molar-refractivity contribution >= 4 is 22.4 Å². The van der Waals surface area contributed by atoms with Gasteiger partial charge in [-0.2, -0.15) is 5.10 Å². The summed E-state index contributed by atoms with van der Waals surface area (Å²) in [6, 6.07) is 1.86. The van der Waals surface area contributed by atoms with E-state index in [1.807, 2.05) is 19.2 Å². The van der Waals surface area contributed by atoms with E-state index in [1.165, 1.54) is 0 Å². The van der Waals surface area contributed by atoms with Gasteiger partial charge in [0.05, 0.1) is 17.2 Å². The third-order valence-electron chi connectivity index (χ3n) is 3.73. The molecule has 2 N–H and O–H groups in total. The Bertz CT molecular complexity index is 842. The maximum absolute atomic E-state index is 5.97. The maximum atomic E-state index is 5.97. The number of fused-ring (bicyclic) bond motifs is 3. The van der Waals surface area contributed by atoms with Gasteiger partial charge < -0.3 is 10.1 Å². The number of H-pyrrole nitrogens is 1. The number of hydrogen-bond acceptors (Lipinski definition) is 7. The lowest BCUT2D eigenvalue weighted by atomic mass is 10.1. The average Bonchev–Trinajstić information content (AvgIpc) is 3.13. The Morgan fingerprint density at radius 1 is 1.43 bits per heavy atom. The molecule has 3 aromatic rings. The molecular weight excluding hydrogens is 312 g/mol. The van der Waals surface area contributed by atoms with E-state index in [2.05, 4.69) is 32.4 Å². The minimum absolute atomic E-state index is 0.00849. The Balaban J connectivity index is 1.70. The van der Waals surface area contributed by atoms with Crippen molar-refractivity contribution in [1.82, 2.24) is 25.1 Å². The van der Waals surface area contributed by atoms with E-state index in [-0.39, 0.29) is 6.10 Å². The van der Waals surface area contributed by atoms with E-state index in [0.29, 0.717) is 12.6 Å². The molecule has 4 rings (SSSR count). The summed E-state index contributed by atoms with van der Waals surface area (Å²) in [5.41, 5.74) is 3.77. The van der Waals surface area contributed by atoms with Gasteiger partial charge in [0.25, 0.3) is 0 Å². The third-order valence-corrected chi connectivity index (χ3v) is 4.67. The van der Waals surface area contributed by atoms with E-state index in [4.69, 9.17) is 9.72 Å². The van der Waals surface area contributed by atoms with Crippen LogP contribution >= 0.6 is 11.3 Å². The molecule has 0 saturated heterocycles. The Morgan fingerprint density at radius 3 is 3.17 bits per heavy atom. The first kappa shape index (κ1) is 14.3. The average molecular weight is 328 g/mol. The summed E-state index contributed by atoms with van der Waals surface area (Å²) in [6.07, 6.45) is 4.51. The van der Waals surface area contributed by atoms with Gasteiger partial charge in [-0.3, -0.25) is 5.10 Å². The van der Waals surface area contributed by atoms with Gasteiger partial charge >= 0.3 is 0 Å². The van der Waals surface area contributed by atoms with Crippen LogP contribution in [0, 0.1) is 6.92 Å². The highest BCUT2D eigenvalue weighted by Gasteiger charge is 2.27. The van der Waals surface area contributed by atoms with Gasteiger partial charge in [0, 0.05) is 23.7 Å². The summed E-state index contributed by atoms with van der Waals surface area (Å²) in [5, 5.41) is 11.2. The second kappa shape index (κ2) is 5.71. The quantitative estimate of drug-likeness (QED) is 0.766. The zero-order valence-electron chi connectivity index (χ0n) is 12.8. The summed E-state index contributed by atoms with van der Waals surface area (Å²) in [4.78, 5) is 14.3. The van der Waals surface area contributed by atoms with Gasteiger partial charge in [0.2, 0.25) is 5.95 Å². The van der Waals surface area contributed by atoms with Crippen molar-refractivity contribution in [3.63, 3.8) is 0 Å². The molecule has 0 aliphatic carbocycles. The van der Waals surface area contributed by atoms with E-state index >= 15 is 0 Å². The Hall–Kier alpha value is -2.32. The maximum Gasteiger partial charge on any atom is 0.229 e. The zero-order chi connectivity index (χ0) is 15.8. The molecular formula is C15H16N6OS.